The van der Waals surface area contributed by atoms with Crippen molar-refractivity contribution in [3.8, 4) is 5.75 Å². The molecule has 0 aromatic heterocycles. The molecule has 1 aliphatic carbocycles. The maximum atomic E-state index is 12.4. The van der Waals surface area contributed by atoms with E-state index in [1.54, 1.807) is 12.1 Å². The summed E-state index contributed by atoms with van der Waals surface area (Å²) in [5, 5.41) is 0. The quantitative estimate of drug-likeness (QED) is 0.825. The first kappa shape index (κ1) is 14.8. The van der Waals surface area contributed by atoms with Crippen LogP contribution in [-0.4, -0.2) is 39.8 Å². The van der Waals surface area contributed by atoms with E-state index in [4.69, 9.17) is 15.2 Å². The zero-order chi connectivity index (χ0) is 15.0. The van der Waals surface area contributed by atoms with Crippen LogP contribution in [0.2, 0.25) is 0 Å². The third-order valence-electron chi connectivity index (χ3n) is 4.18. The SMILES string of the molecule is CCOc1ccc(S(=O)(=O)NC2C(N)C3CCOC32)cc1. The lowest BCUT2D eigenvalue weighted by Crippen LogP contribution is -2.68. The fraction of sp³-hybridized carbons (Fsp3) is 0.571. The van der Waals surface area contributed by atoms with Crippen molar-refractivity contribution < 1.29 is 17.9 Å². The minimum Gasteiger partial charge on any atom is -0.494 e. The Bertz CT molecular complexity index is 602. The molecule has 1 heterocycles. The molecule has 4 atom stereocenters. The molecule has 1 aromatic carbocycles. The van der Waals surface area contributed by atoms with Gasteiger partial charge in [-0.05, 0) is 37.6 Å². The average molecular weight is 312 g/mol. The molecule has 1 aliphatic heterocycles. The highest BCUT2D eigenvalue weighted by atomic mass is 32.2. The minimum absolute atomic E-state index is 0.0857. The first-order valence-corrected chi connectivity index (χ1v) is 8.63. The second kappa shape index (κ2) is 5.57. The van der Waals surface area contributed by atoms with Crippen LogP contribution in [0.5, 0.6) is 5.75 Å². The molecular formula is C14H20N2O4S. The highest BCUT2D eigenvalue weighted by Crippen LogP contribution is 2.38. The molecule has 21 heavy (non-hydrogen) atoms. The Balaban J connectivity index is 1.72. The summed E-state index contributed by atoms with van der Waals surface area (Å²) in [7, 11) is -3.59. The van der Waals surface area contributed by atoms with Crippen molar-refractivity contribution >= 4 is 10.0 Å². The summed E-state index contributed by atoms with van der Waals surface area (Å²) in [4.78, 5) is 0.208. The van der Waals surface area contributed by atoms with Crippen LogP contribution >= 0.6 is 0 Å². The van der Waals surface area contributed by atoms with Crippen LogP contribution in [-0.2, 0) is 14.8 Å². The van der Waals surface area contributed by atoms with Crippen molar-refractivity contribution in [2.24, 2.45) is 11.7 Å². The van der Waals surface area contributed by atoms with Crippen molar-refractivity contribution in [1.82, 2.24) is 4.72 Å². The van der Waals surface area contributed by atoms with Crippen LogP contribution in [0.4, 0.5) is 0 Å². The summed E-state index contributed by atoms with van der Waals surface area (Å²) in [6.45, 7) is 3.08. The first-order chi connectivity index (χ1) is 10.0. The molecular weight excluding hydrogens is 292 g/mol. The number of ether oxygens (including phenoxy) is 2. The van der Waals surface area contributed by atoms with Gasteiger partial charge in [-0.25, -0.2) is 13.1 Å². The topological polar surface area (TPSA) is 90.7 Å². The Kier molecular flexibility index (Phi) is 3.92. The molecule has 7 heteroatoms. The van der Waals surface area contributed by atoms with E-state index in [1.165, 1.54) is 12.1 Å². The lowest BCUT2D eigenvalue weighted by Gasteiger charge is -2.45. The fourth-order valence-corrected chi connectivity index (χ4v) is 4.30. The van der Waals surface area contributed by atoms with E-state index >= 15 is 0 Å². The second-order valence-corrected chi connectivity index (χ2v) is 7.13. The molecule has 2 aliphatic rings. The third kappa shape index (κ3) is 2.66. The zero-order valence-corrected chi connectivity index (χ0v) is 12.7. The number of fused-ring (bicyclic) bond motifs is 1. The van der Waals surface area contributed by atoms with E-state index in [1.807, 2.05) is 6.92 Å². The van der Waals surface area contributed by atoms with Crippen LogP contribution in [0.15, 0.2) is 29.2 Å². The molecule has 0 spiro atoms. The number of nitrogens with two attached hydrogens (primary N) is 1. The monoisotopic (exact) mass is 312 g/mol. The first-order valence-electron chi connectivity index (χ1n) is 7.15. The largest absolute Gasteiger partial charge is 0.494 e. The summed E-state index contributed by atoms with van der Waals surface area (Å²) < 4.78 is 38.3. The van der Waals surface area contributed by atoms with Crippen molar-refractivity contribution in [3.63, 3.8) is 0 Å². The highest BCUT2D eigenvalue weighted by molar-refractivity contribution is 7.89. The molecule has 116 valence electrons. The van der Waals surface area contributed by atoms with Crippen molar-refractivity contribution in [2.45, 2.75) is 36.4 Å². The van der Waals surface area contributed by atoms with E-state index in [9.17, 15) is 8.42 Å². The lowest BCUT2D eigenvalue weighted by atomic mass is 9.73. The summed E-state index contributed by atoms with van der Waals surface area (Å²) in [6.07, 6.45) is 0.824. The van der Waals surface area contributed by atoms with Gasteiger partial charge in [-0.3, -0.25) is 0 Å². The predicted molar refractivity (Wildman–Crippen MR) is 77.5 cm³/mol. The molecule has 0 radical (unpaired) electrons. The van der Waals surface area contributed by atoms with Crippen molar-refractivity contribution in [1.29, 1.82) is 0 Å². The molecule has 4 unspecified atom stereocenters. The smallest absolute Gasteiger partial charge is 0.240 e. The number of hydrogen-bond donors (Lipinski definition) is 2. The Morgan fingerprint density at radius 1 is 1.38 bits per heavy atom. The van der Waals surface area contributed by atoms with Crippen LogP contribution in [0, 0.1) is 5.92 Å². The van der Waals surface area contributed by atoms with Crippen molar-refractivity contribution in [3.05, 3.63) is 24.3 Å². The van der Waals surface area contributed by atoms with Gasteiger partial charge in [-0.1, -0.05) is 0 Å². The van der Waals surface area contributed by atoms with Gasteiger partial charge in [0.2, 0.25) is 10.0 Å². The standard InChI is InChI=1S/C14H20N2O4S/c1-2-19-9-3-5-10(6-4-9)21(17,18)16-13-12(15)11-7-8-20-14(11)13/h3-6,11-14,16H,2,7-8,15H2,1H3. The Morgan fingerprint density at radius 2 is 2.10 bits per heavy atom. The molecule has 1 saturated heterocycles. The molecule has 3 N–H and O–H groups in total. The predicted octanol–water partition coefficient (Wildman–Crippen LogP) is 0.478. The van der Waals surface area contributed by atoms with Gasteiger partial charge in [0, 0.05) is 18.6 Å². The average Bonchev–Trinajstić information content (AvgIpc) is 2.91. The second-order valence-electron chi connectivity index (χ2n) is 5.42. The van der Waals surface area contributed by atoms with Crippen LogP contribution in [0.1, 0.15) is 13.3 Å². The maximum absolute atomic E-state index is 12.4. The van der Waals surface area contributed by atoms with Gasteiger partial charge in [0.1, 0.15) is 5.75 Å². The number of rotatable bonds is 5. The third-order valence-corrected chi connectivity index (χ3v) is 5.66. The van der Waals surface area contributed by atoms with Crippen LogP contribution < -0.4 is 15.2 Å². The van der Waals surface area contributed by atoms with Gasteiger partial charge >= 0.3 is 0 Å². The van der Waals surface area contributed by atoms with Gasteiger partial charge in [0.25, 0.3) is 0 Å². The lowest BCUT2D eigenvalue weighted by molar-refractivity contribution is -0.00924. The van der Waals surface area contributed by atoms with Gasteiger partial charge in [-0.2, -0.15) is 0 Å². The van der Waals surface area contributed by atoms with Gasteiger partial charge in [0.05, 0.1) is 23.6 Å². The van der Waals surface area contributed by atoms with Gasteiger partial charge in [-0.15, -0.1) is 0 Å². The Labute approximate surface area is 124 Å². The molecule has 0 bridgehead atoms. The summed E-state index contributed by atoms with van der Waals surface area (Å²) in [5.74, 6) is 0.925. The highest BCUT2D eigenvalue weighted by Gasteiger charge is 2.53. The minimum atomic E-state index is -3.59. The van der Waals surface area contributed by atoms with E-state index < -0.39 is 10.0 Å². The Hall–Kier alpha value is -1.15. The zero-order valence-electron chi connectivity index (χ0n) is 11.9. The van der Waals surface area contributed by atoms with E-state index in [-0.39, 0.29) is 29.0 Å². The molecule has 2 fully saturated rings. The maximum Gasteiger partial charge on any atom is 0.240 e. The molecule has 0 amide bonds. The van der Waals surface area contributed by atoms with Crippen molar-refractivity contribution in [2.75, 3.05) is 13.2 Å². The number of hydrogen-bond acceptors (Lipinski definition) is 5. The number of benzene rings is 1. The van der Waals surface area contributed by atoms with E-state index in [0.29, 0.717) is 19.0 Å². The van der Waals surface area contributed by atoms with Crippen LogP contribution in [0.3, 0.4) is 0 Å². The molecule has 1 saturated carbocycles. The fourth-order valence-electron chi connectivity index (χ4n) is 3.02. The number of nitrogens with one attached hydrogen (secondary N) is 1. The molecule has 6 nitrogen and oxygen atoms in total. The molecule has 3 rings (SSSR count). The molecule has 1 aromatic rings. The number of sulfonamides is 1. The summed E-state index contributed by atoms with van der Waals surface area (Å²) in [6, 6.07) is 5.85. The van der Waals surface area contributed by atoms with E-state index in [0.717, 1.165) is 6.42 Å². The van der Waals surface area contributed by atoms with Gasteiger partial charge in [0.15, 0.2) is 0 Å². The van der Waals surface area contributed by atoms with E-state index in [2.05, 4.69) is 4.72 Å². The Morgan fingerprint density at radius 3 is 2.76 bits per heavy atom. The van der Waals surface area contributed by atoms with Crippen LogP contribution in [0.25, 0.3) is 0 Å². The summed E-state index contributed by atoms with van der Waals surface area (Å²) >= 11 is 0. The summed E-state index contributed by atoms with van der Waals surface area (Å²) in [5.41, 5.74) is 6.03. The van der Waals surface area contributed by atoms with Gasteiger partial charge < -0.3 is 15.2 Å². The normalized spacial score (nSPS) is 31.5.